The highest BCUT2D eigenvalue weighted by atomic mass is 32.1. The van der Waals surface area contributed by atoms with Gasteiger partial charge in [-0.05, 0) is 29.1 Å². The second kappa shape index (κ2) is 11.3. The monoisotopic (exact) mass is 422 g/mol. The van der Waals surface area contributed by atoms with Crippen molar-refractivity contribution in [2.45, 2.75) is 13.1 Å². The van der Waals surface area contributed by atoms with Gasteiger partial charge in [-0.3, -0.25) is 9.59 Å². The van der Waals surface area contributed by atoms with E-state index in [1.165, 1.54) is 0 Å². The molecule has 5 nitrogen and oxygen atoms in total. The first-order chi connectivity index (χ1) is 14.7. The molecule has 0 saturated carbocycles. The zero-order chi connectivity index (χ0) is 21.2. The summed E-state index contributed by atoms with van der Waals surface area (Å²) in [4.78, 5) is 30.7. The summed E-state index contributed by atoms with van der Waals surface area (Å²) in [6.45, 7) is 1.75. The lowest BCUT2D eigenvalue weighted by Gasteiger charge is -2.27. The first kappa shape index (κ1) is 21.7. The minimum absolute atomic E-state index is 0.00922. The second-order valence-electron chi connectivity index (χ2n) is 6.90. The van der Waals surface area contributed by atoms with Crippen LogP contribution < -0.4 is 0 Å². The number of rotatable bonds is 10. The van der Waals surface area contributed by atoms with Gasteiger partial charge < -0.3 is 14.5 Å². The van der Waals surface area contributed by atoms with Crippen molar-refractivity contribution in [2.75, 3.05) is 26.8 Å². The maximum Gasteiger partial charge on any atom is 0.254 e. The fourth-order valence-electron chi connectivity index (χ4n) is 3.11. The zero-order valence-electron chi connectivity index (χ0n) is 17.1. The molecule has 0 N–H and O–H groups in total. The van der Waals surface area contributed by atoms with E-state index in [4.69, 9.17) is 4.74 Å². The SMILES string of the molecule is COCCN(CC(=O)N(Cc1ccccc1)Cc1cccs1)C(=O)c1ccccc1. The molecule has 0 atom stereocenters. The number of hydrogen-bond acceptors (Lipinski definition) is 4. The topological polar surface area (TPSA) is 49.9 Å². The quantitative estimate of drug-likeness (QED) is 0.495. The Labute approximate surface area is 181 Å². The maximum absolute atomic E-state index is 13.3. The Morgan fingerprint density at radius 3 is 2.20 bits per heavy atom. The summed E-state index contributed by atoms with van der Waals surface area (Å²) >= 11 is 1.62. The van der Waals surface area contributed by atoms with Gasteiger partial charge in [0.05, 0.1) is 13.2 Å². The Bertz CT molecular complexity index is 914. The van der Waals surface area contributed by atoms with Gasteiger partial charge in [-0.1, -0.05) is 54.6 Å². The first-order valence-corrected chi connectivity index (χ1v) is 10.7. The van der Waals surface area contributed by atoms with Crippen LogP contribution in [0.5, 0.6) is 0 Å². The molecular formula is C24H26N2O3S. The number of amides is 2. The summed E-state index contributed by atoms with van der Waals surface area (Å²) < 4.78 is 5.16. The first-order valence-electron chi connectivity index (χ1n) is 9.84. The molecular weight excluding hydrogens is 396 g/mol. The molecule has 3 rings (SSSR count). The van der Waals surface area contributed by atoms with Gasteiger partial charge >= 0.3 is 0 Å². The predicted octanol–water partition coefficient (Wildman–Crippen LogP) is 4.07. The Kier molecular flexibility index (Phi) is 8.18. The molecule has 0 aliphatic rings. The highest BCUT2D eigenvalue weighted by Gasteiger charge is 2.23. The lowest BCUT2D eigenvalue weighted by Crippen LogP contribution is -2.43. The van der Waals surface area contributed by atoms with E-state index in [0.29, 0.717) is 31.8 Å². The Balaban J connectivity index is 1.77. The van der Waals surface area contributed by atoms with E-state index in [1.807, 2.05) is 66.0 Å². The summed E-state index contributed by atoms with van der Waals surface area (Å²) in [6.07, 6.45) is 0. The fraction of sp³-hybridized carbons (Fsp3) is 0.250. The van der Waals surface area contributed by atoms with E-state index in [0.717, 1.165) is 10.4 Å². The molecule has 0 aliphatic carbocycles. The van der Waals surface area contributed by atoms with Crippen LogP contribution in [0.3, 0.4) is 0 Å². The standard InChI is InChI=1S/C24H26N2O3S/c1-29-15-14-25(24(28)21-11-6-3-7-12-21)19-23(27)26(18-22-13-8-16-30-22)17-20-9-4-2-5-10-20/h2-13,16H,14-15,17-19H2,1H3. The zero-order valence-corrected chi connectivity index (χ0v) is 17.9. The van der Waals surface area contributed by atoms with Crippen molar-refractivity contribution in [3.63, 3.8) is 0 Å². The minimum atomic E-state index is -0.170. The lowest BCUT2D eigenvalue weighted by atomic mass is 10.2. The Morgan fingerprint density at radius 2 is 1.57 bits per heavy atom. The Morgan fingerprint density at radius 1 is 0.867 bits per heavy atom. The molecule has 0 spiro atoms. The molecule has 3 aromatic rings. The van der Waals surface area contributed by atoms with E-state index in [9.17, 15) is 9.59 Å². The van der Waals surface area contributed by atoms with Gasteiger partial charge in [-0.2, -0.15) is 0 Å². The molecule has 0 fully saturated rings. The van der Waals surface area contributed by atoms with Crippen molar-refractivity contribution in [2.24, 2.45) is 0 Å². The second-order valence-corrected chi connectivity index (χ2v) is 7.93. The highest BCUT2D eigenvalue weighted by molar-refractivity contribution is 7.09. The number of carbonyl (C=O) groups is 2. The van der Waals surface area contributed by atoms with Crippen LogP contribution in [-0.4, -0.2) is 48.4 Å². The maximum atomic E-state index is 13.3. The molecule has 2 aromatic carbocycles. The molecule has 0 saturated heterocycles. The number of ether oxygens (including phenoxy) is 1. The summed E-state index contributed by atoms with van der Waals surface area (Å²) in [5.41, 5.74) is 1.62. The van der Waals surface area contributed by atoms with Crippen molar-refractivity contribution < 1.29 is 14.3 Å². The van der Waals surface area contributed by atoms with E-state index < -0.39 is 0 Å². The summed E-state index contributed by atoms with van der Waals surface area (Å²) in [5.74, 6) is -0.260. The number of thiophene rings is 1. The summed E-state index contributed by atoms with van der Waals surface area (Å²) in [6, 6.07) is 22.9. The van der Waals surface area contributed by atoms with Gasteiger partial charge in [0.2, 0.25) is 5.91 Å². The molecule has 1 heterocycles. The summed E-state index contributed by atoms with van der Waals surface area (Å²) in [5, 5.41) is 2.00. The predicted molar refractivity (Wildman–Crippen MR) is 119 cm³/mol. The third kappa shape index (κ3) is 6.27. The van der Waals surface area contributed by atoms with Crippen LogP contribution in [0.1, 0.15) is 20.8 Å². The number of nitrogens with zero attached hydrogens (tertiary/aromatic N) is 2. The van der Waals surface area contributed by atoms with Crippen LogP contribution >= 0.6 is 11.3 Å². The smallest absolute Gasteiger partial charge is 0.254 e. The molecule has 0 bridgehead atoms. The fourth-order valence-corrected chi connectivity index (χ4v) is 3.83. The van der Waals surface area contributed by atoms with Gasteiger partial charge in [0.1, 0.15) is 6.54 Å². The van der Waals surface area contributed by atoms with Crippen LogP contribution in [-0.2, 0) is 22.6 Å². The van der Waals surface area contributed by atoms with Gasteiger partial charge in [-0.15, -0.1) is 11.3 Å². The molecule has 0 aliphatic heterocycles. The minimum Gasteiger partial charge on any atom is -0.383 e. The average molecular weight is 423 g/mol. The third-order valence-corrected chi connectivity index (χ3v) is 5.56. The van der Waals surface area contributed by atoms with Gasteiger partial charge in [-0.25, -0.2) is 0 Å². The van der Waals surface area contributed by atoms with Crippen LogP contribution in [0.25, 0.3) is 0 Å². The highest BCUT2D eigenvalue weighted by Crippen LogP contribution is 2.16. The summed E-state index contributed by atoms with van der Waals surface area (Å²) in [7, 11) is 1.59. The van der Waals surface area contributed by atoms with Crippen molar-refractivity contribution in [1.82, 2.24) is 9.80 Å². The average Bonchev–Trinajstić information content (AvgIpc) is 3.30. The molecule has 2 amide bonds. The molecule has 6 heteroatoms. The van der Waals surface area contributed by atoms with Crippen LogP contribution in [0.4, 0.5) is 0 Å². The lowest BCUT2D eigenvalue weighted by molar-refractivity contribution is -0.133. The van der Waals surface area contributed by atoms with Gasteiger partial charge in [0.25, 0.3) is 5.91 Å². The molecule has 1 aromatic heterocycles. The largest absolute Gasteiger partial charge is 0.383 e. The van der Waals surface area contributed by atoms with Crippen molar-refractivity contribution in [3.05, 3.63) is 94.2 Å². The Hall–Kier alpha value is -2.96. The van der Waals surface area contributed by atoms with Crippen molar-refractivity contribution in [1.29, 1.82) is 0 Å². The number of benzene rings is 2. The van der Waals surface area contributed by atoms with E-state index in [2.05, 4.69) is 0 Å². The van der Waals surface area contributed by atoms with E-state index in [-0.39, 0.29) is 18.4 Å². The molecule has 0 radical (unpaired) electrons. The van der Waals surface area contributed by atoms with Gasteiger partial charge in [0, 0.05) is 30.6 Å². The van der Waals surface area contributed by atoms with Gasteiger partial charge in [0.15, 0.2) is 0 Å². The van der Waals surface area contributed by atoms with E-state index in [1.54, 1.807) is 40.4 Å². The van der Waals surface area contributed by atoms with Crippen LogP contribution in [0.2, 0.25) is 0 Å². The molecule has 156 valence electrons. The van der Waals surface area contributed by atoms with Crippen LogP contribution in [0, 0.1) is 0 Å². The van der Waals surface area contributed by atoms with E-state index >= 15 is 0 Å². The molecule has 30 heavy (non-hydrogen) atoms. The third-order valence-electron chi connectivity index (χ3n) is 4.70. The van der Waals surface area contributed by atoms with Crippen molar-refractivity contribution >= 4 is 23.2 Å². The normalized spacial score (nSPS) is 10.6. The van der Waals surface area contributed by atoms with Crippen LogP contribution in [0.15, 0.2) is 78.2 Å². The van der Waals surface area contributed by atoms with Crippen molar-refractivity contribution in [3.8, 4) is 0 Å². The number of hydrogen-bond donors (Lipinski definition) is 0. The molecule has 0 unspecified atom stereocenters. The number of methoxy groups -OCH3 is 1. The number of carbonyl (C=O) groups excluding carboxylic acids is 2.